The number of unbranched alkanes of at least 4 members (excludes halogenated alkanes) is 11. The zero-order valence-corrected chi connectivity index (χ0v) is 17.2. The lowest BCUT2D eigenvalue weighted by Crippen LogP contribution is -2.38. The van der Waals surface area contributed by atoms with Gasteiger partial charge in [0.25, 0.3) is 0 Å². The van der Waals surface area contributed by atoms with Gasteiger partial charge in [-0.1, -0.05) is 97.8 Å². The summed E-state index contributed by atoms with van der Waals surface area (Å²) in [6.45, 7) is 6.72. The summed E-state index contributed by atoms with van der Waals surface area (Å²) in [6.07, 6.45) is 17.0. The first-order chi connectivity index (χ1) is 11.9. The van der Waals surface area contributed by atoms with Gasteiger partial charge in [-0.3, -0.25) is 0 Å². The van der Waals surface area contributed by atoms with Gasteiger partial charge in [-0.05, 0) is 31.6 Å². The molecule has 0 aliphatic carbocycles. The van der Waals surface area contributed by atoms with Gasteiger partial charge in [0.2, 0.25) is 0 Å². The smallest absolute Gasteiger partial charge is 0.335 e. The molecule has 0 rings (SSSR count). The Hall–Kier alpha value is -0.570. The van der Waals surface area contributed by atoms with Crippen molar-refractivity contribution >= 4 is 5.97 Å². The first kappa shape index (κ1) is 24.4. The summed E-state index contributed by atoms with van der Waals surface area (Å²) in [4.78, 5) is 11.5. The minimum atomic E-state index is -1.50. The molecule has 0 aliphatic rings. The topological polar surface area (TPSA) is 57.5 Å². The summed E-state index contributed by atoms with van der Waals surface area (Å²) in [5.74, 6) is -0.265. The quantitative estimate of drug-likeness (QED) is 0.268. The Morgan fingerprint density at radius 2 is 1.16 bits per heavy atom. The van der Waals surface area contributed by atoms with E-state index in [1.54, 1.807) is 0 Å². The maximum absolute atomic E-state index is 11.5. The van der Waals surface area contributed by atoms with E-state index in [9.17, 15) is 15.0 Å². The van der Waals surface area contributed by atoms with Gasteiger partial charge in [0.1, 0.15) is 0 Å². The second-order valence-corrected chi connectivity index (χ2v) is 8.26. The van der Waals surface area contributed by atoms with Crippen LogP contribution in [0.4, 0.5) is 0 Å². The third-order valence-corrected chi connectivity index (χ3v) is 5.21. The third-order valence-electron chi connectivity index (χ3n) is 5.21. The minimum absolute atomic E-state index is 0.406. The molecule has 0 amide bonds. The first-order valence-corrected chi connectivity index (χ1v) is 10.9. The van der Waals surface area contributed by atoms with Crippen LogP contribution >= 0.6 is 0 Å². The lowest BCUT2D eigenvalue weighted by molar-refractivity contribution is -0.160. The van der Waals surface area contributed by atoms with E-state index in [-0.39, 0.29) is 0 Å². The molecule has 0 aromatic heterocycles. The van der Waals surface area contributed by atoms with Gasteiger partial charge in [-0.2, -0.15) is 0 Å². The Morgan fingerprint density at radius 1 is 0.760 bits per heavy atom. The molecule has 0 spiro atoms. The summed E-state index contributed by atoms with van der Waals surface area (Å²) in [5.41, 5.74) is -1.50. The molecular weight excluding hydrogens is 312 g/mol. The highest BCUT2D eigenvalue weighted by molar-refractivity contribution is 5.76. The van der Waals surface area contributed by atoms with E-state index in [1.165, 1.54) is 51.4 Å². The van der Waals surface area contributed by atoms with Crippen molar-refractivity contribution < 1.29 is 15.0 Å². The standard InChI is InChI=1S/C22H44O3/c1-4-5-6-7-8-9-12-15-18-22(25,21(23)24)19-16-13-10-11-14-17-20(2)3/h20,25H,4-19H2,1-3H3,(H,23,24). The van der Waals surface area contributed by atoms with Crippen molar-refractivity contribution in [2.75, 3.05) is 0 Å². The average molecular weight is 357 g/mol. The Morgan fingerprint density at radius 3 is 1.56 bits per heavy atom. The molecule has 150 valence electrons. The number of aliphatic carboxylic acids is 1. The van der Waals surface area contributed by atoms with E-state index < -0.39 is 11.6 Å². The molecular formula is C22H44O3. The van der Waals surface area contributed by atoms with E-state index >= 15 is 0 Å². The Bertz CT molecular complexity index is 314. The molecule has 0 fully saturated rings. The van der Waals surface area contributed by atoms with Crippen molar-refractivity contribution in [1.29, 1.82) is 0 Å². The summed E-state index contributed by atoms with van der Waals surface area (Å²) < 4.78 is 0. The first-order valence-electron chi connectivity index (χ1n) is 10.9. The van der Waals surface area contributed by atoms with Gasteiger partial charge in [0, 0.05) is 0 Å². The summed E-state index contributed by atoms with van der Waals surface area (Å²) in [7, 11) is 0. The summed E-state index contributed by atoms with van der Waals surface area (Å²) in [6, 6.07) is 0. The van der Waals surface area contributed by atoms with Gasteiger partial charge in [0.05, 0.1) is 0 Å². The predicted octanol–water partition coefficient (Wildman–Crippen LogP) is 6.72. The molecule has 0 heterocycles. The normalized spacial score (nSPS) is 14.0. The monoisotopic (exact) mass is 356 g/mol. The maximum Gasteiger partial charge on any atom is 0.335 e. The zero-order chi connectivity index (χ0) is 19.0. The highest BCUT2D eigenvalue weighted by atomic mass is 16.4. The highest BCUT2D eigenvalue weighted by Gasteiger charge is 2.34. The summed E-state index contributed by atoms with van der Waals surface area (Å²) in [5, 5.41) is 19.8. The van der Waals surface area contributed by atoms with Crippen LogP contribution in [0.5, 0.6) is 0 Å². The molecule has 1 unspecified atom stereocenters. The van der Waals surface area contributed by atoms with Gasteiger partial charge in [-0.25, -0.2) is 4.79 Å². The van der Waals surface area contributed by atoms with Gasteiger partial charge in [-0.15, -0.1) is 0 Å². The van der Waals surface area contributed by atoms with Crippen molar-refractivity contribution in [3.63, 3.8) is 0 Å². The minimum Gasteiger partial charge on any atom is -0.479 e. The second-order valence-electron chi connectivity index (χ2n) is 8.26. The largest absolute Gasteiger partial charge is 0.479 e. The van der Waals surface area contributed by atoms with Gasteiger partial charge in [0.15, 0.2) is 5.60 Å². The molecule has 0 aromatic rings. The van der Waals surface area contributed by atoms with E-state index in [2.05, 4.69) is 20.8 Å². The van der Waals surface area contributed by atoms with Crippen LogP contribution in [0.25, 0.3) is 0 Å². The van der Waals surface area contributed by atoms with E-state index in [1.807, 2.05) is 0 Å². The van der Waals surface area contributed by atoms with E-state index in [0.29, 0.717) is 12.8 Å². The van der Waals surface area contributed by atoms with Crippen LogP contribution in [0, 0.1) is 5.92 Å². The van der Waals surface area contributed by atoms with Crippen LogP contribution < -0.4 is 0 Å². The third kappa shape index (κ3) is 14.3. The van der Waals surface area contributed by atoms with Crippen LogP contribution in [0.1, 0.15) is 124 Å². The second kappa shape index (κ2) is 15.7. The number of rotatable bonds is 18. The Labute approximate surface area is 156 Å². The predicted molar refractivity (Wildman–Crippen MR) is 107 cm³/mol. The number of carboxylic acids is 1. The fourth-order valence-electron chi connectivity index (χ4n) is 3.39. The summed E-state index contributed by atoms with van der Waals surface area (Å²) >= 11 is 0. The van der Waals surface area contributed by atoms with Gasteiger partial charge < -0.3 is 10.2 Å². The Balaban J connectivity index is 3.76. The van der Waals surface area contributed by atoms with Crippen molar-refractivity contribution in [2.45, 2.75) is 129 Å². The van der Waals surface area contributed by atoms with Crippen molar-refractivity contribution in [3.05, 3.63) is 0 Å². The van der Waals surface area contributed by atoms with Crippen molar-refractivity contribution in [3.8, 4) is 0 Å². The number of hydrogen-bond donors (Lipinski definition) is 2. The highest BCUT2D eigenvalue weighted by Crippen LogP contribution is 2.24. The van der Waals surface area contributed by atoms with Gasteiger partial charge >= 0.3 is 5.97 Å². The molecule has 1 atom stereocenters. The van der Waals surface area contributed by atoms with Crippen molar-refractivity contribution in [2.24, 2.45) is 5.92 Å². The maximum atomic E-state index is 11.5. The van der Waals surface area contributed by atoms with Crippen LogP contribution in [0.15, 0.2) is 0 Å². The SMILES string of the molecule is CCCCCCCCCCC(O)(CCCCCCCC(C)C)C(=O)O. The molecule has 0 aromatic carbocycles. The van der Waals surface area contributed by atoms with E-state index in [4.69, 9.17) is 0 Å². The molecule has 2 N–H and O–H groups in total. The molecule has 3 nitrogen and oxygen atoms in total. The molecule has 0 saturated heterocycles. The number of hydrogen-bond acceptors (Lipinski definition) is 2. The zero-order valence-electron chi connectivity index (χ0n) is 17.2. The molecule has 3 heteroatoms. The number of aliphatic hydroxyl groups is 1. The van der Waals surface area contributed by atoms with Crippen molar-refractivity contribution in [1.82, 2.24) is 0 Å². The fraction of sp³-hybridized carbons (Fsp3) is 0.955. The lowest BCUT2D eigenvalue weighted by atomic mass is 9.89. The molecule has 25 heavy (non-hydrogen) atoms. The molecule has 0 bridgehead atoms. The Kier molecular flexibility index (Phi) is 15.3. The average Bonchev–Trinajstić information content (AvgIpc) is 2.56. The number of carbonyl (C=O) groups is 1. The van der Waals surface area contributed by atoms with Crippen LogP contribution in [0.3, 0.4) is 0 Å². The number of carboxylic acid groups (broad SMARTS) is 1. The van der Waals surface area contributed by atoms with Crippen LogP contribution in [-0.2, 0) is 4.79 Å². The van der Waals surface area contributed by atoms with E-state index in [0.717, 1.165) is 44.4 Å². The molecule has 0 aliphatic heterocycles. The molecule has 0 radical (unpaired) electrons. The fourth-order valence-corrected chi connectivity index (χ4v) is 3.39. The van der Waals surface area contributed by atoms with Crippen LogP contribution in [0.2, 0.25) is 0 Å². The van der Waals surface area contributed by atoms with Crippen LogP contribution in [-0.4, -0.2) is 21.8 Å². The lowest BCUT2D eigenvalue weighted by Gasteiger charge is -2.23. The molecule has 0 saturated carbocycles.